The van der Waals surface area contributed by atoms with E-state index >= 15 is 0 Å². The van der Waals surface area contributed by atoms with Crippen LogP contribution in [0.4, 0.5) is 11.4 Å². The predicted octanol–water partition coefficient (Wildman–Crippen LogP) is 5.72. The molecule has 0 bridgehead atoms. The molecule has 0 unspecified atom stereocenters. The Labute approximate surface area is 187 Å². The molecule has 5 nitrogen and oxygen atoms in total. The van der Waals surface area contributed by atoms with E-state index in [1.54, 1.807) is 60.7 Å². The number of benzene rings is 4. The lowest BCUT2D eigenvalue weighted by Gasteiger charge is -2.13. The highest BCUT2D eigenvalue weighted by Gasteiger charge is 2.19. The number of carbonyl (C=O) groups is 1. The number of rotatable bonds is 6. The average Bonchev–Trinajstić information content (AvgIpc) is 2.81. The second kappa shape index (κ2) is 9.08. The zero-order valence-electron chi connectivity index (χ0n) is 17.4. The summed E-state index contributed by atoms with van der Waals surface area (Å²) in [5, 5.41) is 2.80. The van der Waals surface area contributed by atoms with Crippen LogP contribution in [0.2, 0.25) is 0 Å². The van der Waals surface area contributed by atoms with Gasteiger partial charge in [-0.1, -0.05) is 72.3 Å². The quantitative estimate of drug-likeness (QED) is 0.401. The van der Waals surface area contributed by atoms with Gasteiger partial charge in [-0.15, -0.1) is 0 Å². The van der Waals surface area contributed by atoms with Crippen LogP contribution >= 0.6 is 0 Å². The van der Waals surface area contributed by atoms with Gasteiger partial charge in [0.25, 0.3) is 15.9 Å². The van der Waals surface area contributed by atoms with Crippen molar-refractivity contribution >= 4 is 27.3 Å². The molecule has 0 atom stereocenters. The number of aryl methyl sites for hydroxylation is 1. The molecule has 0 aliphatic carbocycles. The van der Waals surface area contributed by atoms with Crippen molar-refractivity contribution in [3.8, 4) is 11.1 Å². The lowest BCUT2D eigenvalue weighted by molar-refractivity contribution is 0.102. The molecule has 0 aliphatic rings. The van der Waals surface area contributed by atoms with Crippen molar-refractivity contribution in [3.63, 3.8) is 0 Å². The van der Waals surface area contributed by atoms with E-state index in [9.17, 15) is 13.2 Å². The second-order valence-electron chi connectivity index (χ2n) is 7.36. The van der Waals surface area contributed by atoms with Crippen molar-refractivity contribution in [2.24, 2.45) is 0 Å². The topological polar surface area (TPSA) is 75.3 Å². The van der Waals surface area contributed by atoms with Crippen molar-refractivity contribution in [1.82, 2.24) is 0 Å². The maximum absolute atomic E-state index is 13.0. The summed E-state index contributed by atoms with van der Waals surface area (Å²) >= 11 is 0. The summed E-state index contributed by atoms with van der Waals surface area (Å²) in [6, 6.07) is 30.3. The van der Waals surface area contributed by atoms with Gasteiger partial charge < -0.3 is 5.32 Å². The molecule has 0 saturated heterocycles. The highest BCUT2D eigenvalue weighted by atomic mass is 32.2. The maximum Gasteiger partial charge on any atom is 0.261 e. The maximum atomic E-state index is 13.0. The normalized spacial score (nSPS) is 11.0. The van der Waals surface area contributed by atoms with Crippen LogP contribution < -0.4 is 10.0 Å². The van der Waals surface area contributed by atoms with E-state index in [0.717, 1.165) is 16.7 Å². The van der Waals surface area contributed by atoms with E-state index < -0.39 is 15.9 Å². The molecule has 0 radical (unpaired) electrons. The van der Waals surface area contributed by atoms with E-state index in [1.807, 2.05) is 49.4 Å². The van der Waals surface area contributed by atoms with E-state index in [0.29, 0.717) is 5.69 Å². The first kappa shape index (κ1) is 21.3. The Kier molecular flexibility index (Phi) is 6.05. The van der Waals surface area contributed by atoms with Crippen molar-refractivity contribution in [2.45, 2.75) is 11.8 Å². The fraction of sp³-hybridized carbons (Fsp3) is 0.0385. The Hall–Kier alpha value is -3.90. The Balaban J connectivity index is 1.56. The van der Waals surface area contributed by atoms with E-state index in [4.69, 9.17) is 0 Å². The smallest absolute Gasteiger partial charge is 0.261 e. The Morgan fingerprint density at radius 2 is 1.28 bits per heavy atom. The zero-order chi connectivity index (χ0) is 22.6. The molecule has 0 spiro atoms. The Morgan fingerprint density at radius 3 is 1.97 bits per heavy atom. The van der Waals surface area contributed by atoms with Crippen LogP contribution in [0.5, 0.6) is 0 Å². The molecule has 0 aliphatic heterocycles. The second-order valence-corrected chi connectivity index (χ2v) is 9.04. The molecule has 4 aromatic carbocycles. The highest BCUT2D eigenvalue weighted by molar-refractivity contribution is 7.92. The number of para-hydroxylation sites is 1. The summed E-state index contributed by atoms with van der Waals surface area (Å²) in [6.45, 7) is 1.96. The monoisotopic (exact) mass is 442 g/mol. The van der Waals surface area contributed by atoms with Crippen LogP contribution in [0.25, 0.3) is 11.1 Å². The summed E-state index contributed by atoms with van der Waals surface area (Å²) < 4.78 is 28.5. The summed E-state index contributed by atoms with van der Waals surface area (Å²) in [5.74, 6) is -0.397. The molecule has 1 amide bonds. The van der Waals surface area contributed by atoms with Gasteiger partial charge in [0.1, 0.15) is 0 Å². The molecule has 0 heterocycles. The largest absolute Gasteiger partial charge is 0.322 e. The summed E-state index contributed by atoms with van der Waals surface area (Å²) in [7, 11) is -3.88. The number of sulfonamides is 1. The van der Waals surface area contributed by atoms with Crippen molar-refractivity contribution in [2.75, 3.05) is 10.0 Å². The van der Waals surface area contributed by atoms with Crippen LogP contribution in [0.15, 0.2) is 108 Å². The van der Waals surface area contributed by atoms with Gasteiger partial charge >= 0.3 is 0 Å². The van der Waals surface area contributed by atoms with Gasteiger partial charge in [-0.25, -0.2) is 8.42 Å². The number of hydrogen-bond donors (Lipinski definition) is 2. The number of anilines is 2. The molecule has 160 valence electrons. The summed E-state index contributed by atoms with van der Waals surface area (Å²) in [5.41, 5.74) is 4.08. The van der Waals surface area contributed by atoms with Crippen LogP contribution in [0.3, 0.4) is 0 Å². The molecular weight excluding hydrogens is 420 g/mol. The van der Waals surface area contributed by atoms with Gasteiger partial charge in [0, 0.05) is 5.69 Å². The fourth-order valence-electron chi connectivity index (χ4n) is 3.27. The molecule has 0 fully saturated rings. The number of amides is 1. The highest BCUT2D eigenvalue weighted by Crippen LogP contribution is 2.24. The minimum atomic E-state index is -3.88. The summed E-state index contributed by atoms with van der Waals surface area (Å²) in [4.78, 5) is 12.9. The lowest BCUT2D eigenvalue weighted by atomic mass is 10.1. The average molecular weight is 443 g/mol. The predicted molar refractivity (Wildman–Crippen MR) is 128 cm³/mol. The molecule has 32 heavy (non-hydrogen) atoms. The van der Waals surface area contributed by atoms with Gasteiger partial charge in [0.05, 0.1) is 16.1 Å². The van der Waals surface area contributed by atoms with Crippen LogP contribution in [-0.4, -0.2) is 14.3 Å². The minimum Gasteiger partial charge on any atom is -0.322 e. The number of hydrogen-bond acceptors (Lipinski definition) is 3. The minimum absolute atomic E-state index is 0.117. The third-order valence-electron chi connectivity index (χ3n) is 5.00. The Bertz CT molecular complexity index is 1330. The van der Waals surface area contributed by atoms with Gasteiger partial charge in [0.2, 0.25) is 0 Å². The molecule has 4 aromatic rings. The van der Waals surface area contributed by atoms with Gasteiger partial charge in [-0.3, -0.25) is 9.52 Å². The van der Waals surface area contributed by atoms with Crippen molar-refractivity contribution in [3.05, 3.63) is 114 Å². The standard InChI is InChI=1S/C26H22N2O3S/c1-19-11-15-22(16-12-19)27-26(29)24-9-5-6-10-25(24)28-32(30,31)23-17-13-21(14-18-23)20-7-3-2-4-8-20/h2-18,28H,1H3,(H,27,29). The number of nitrogens with one attached hydrogen (secondary N) is 2. The molecule has 0 aromatic heterocycles. The van der Waals surface area contributed by atoms with E-state index in [2.05, 4.69) is 10.0 Å². The Morgan fingerprint density at radius 1 is 0.688 bits per heavy atom. The van der Waals surface area contributed by atoms with E-state index in [1.165, 1.54) is 0 Å². The molecule has 0 saturated carbocycles. The van der Waals surface area contributed by atoms with Crippen LogP contribution in [0, 0.1) is 6.92 Å². The molecular formula is C26H22N2O3S. The van der Waals surface area contributed by atoms with Crippen LogP contribution in [0.1, 0.15) is 15.9 Å². The van der Waals surface area contributed by atoms with Crippen molar-refractivity contribution < 1.29 is 13.2 Å². The third-order valence-corrected chi connectivity index (χ3v) is 6.38. The van der Waals surface area contributed by atoms with Crippen LogP contribution in [-0.2, 0) is 10.0 Å². The first-order valence-electron chi connectivity index (χ1n) is 10.1. The van der Waals surface area contributed by atoms with Gasteiger partial charge in [-0.05, 0) is 54.4 Å². The lowest BCUT2D eigenvalue weighted by Crippen LogP contribution is -2.18. The molecule has 4 rings (SSSR count). The zero-order valence-corrected chi connectivity index (χ0v) is 18.3. The third kappa shape index (κ3) is 4.87. The van der Waals surface area contributed by atoms with Gasteiger partial charge in [0.15, 0.2) is 0 Å². The number of carbonyl (C=O) groups excluding carboxylic acids is 1. The first-order chi connectivity index (χ1) is 15.4. The first-order valence-corrected chi connectivity index (χ1v) is 11.6. The van der Waals surface area contributed by atoms with E-state index in [-0.39, 0.29) is 16.1 Å². The van der Waals surface area contributed by atoms with Crippen molar-refractivity contribution in [1.29, 1.82) is 0 Å². The summed E-state index contributed by atoms with van der Waals surface area (Å²) in [6.07, 6.45) is 0. The fourth-order valence-corrected chi connectivity index (χ4v) is 4.35. The molecule has 6 heteroatoms. The van der Waals surface area contributed by atoms with Gasteiger partial charge in [-0.2, -0.15) is 0 Å². The SMILES string of the molecule is Cc1ccc(NC(=O)c2ccccc2NS(=O)(=O)c2ccc(-c3ccccc3)cc2)cc1. The molecule has 2 N–H and O–H groups in total.